The smallest absolute Gasteiger partial charge is 0.0575 e. The van der Waals surface area contributed by atoms with E-state index in [-0.39, 0.29) is 0 Å². The topological polar surface area (TPSA) is 15.7 Å². The van der Waals surface area contributed by atoms with Gasteiger partial charge in [-0.3, -0.25) is 4.90 Å². The summed E-state index contributed by atoms with van der Waals surface area (Å²) in [6.45, 7) is 4.23. The van der Waals surface area contributed by atoms with Gasteiger partial charge < -0.3 is 4.84 Å². The first-order valence-corrected chi connectivity index (χ1v) is 8.13. The molecule has 5 heteroatoms. The lowest BCUT2D eigenvalue weighted by Gasteiger charge is -2.38. The van der Waals surface area contributed by atoms with Crippen LogP contribution in [-0.4, -0.2) is 61.6 Å². The van der Waals surface area contributed by atoms with E-state index in [4.69, 9.17) is 4.84 Å². The minimum Gasteiger partial charge on any atom is -0.302 e. The second-order valence-corrected chi connectivity index (χ2v) is 10.0. The molecule has 1 fully saturated rings. The van der Waals surface area contributed by atoms with E-state index in [1.807, 2.05) is 5.06 Å². The minimum absolute atomic E-state index is 0.687. The summed E-state index contributed by atoms with van der Waals surface area (Å²) >= 11 is 4.61. The summed E-state index contributed by atoms with van der Waals surface area (Å²) < 4.78 is 0. The first kappa shape index (κ1) is 11.7. The van der Waals surface area contributed by atoms with Gasteiger partial charge in [-0.25, -0.2) is 0 Å². The number of hydroxylamine groups is 2. The number of hydrogen-bond acceptors (Lipinski definition) is 4. The Morgan fingerprint density at radius 1 is 1.23 bits per heavy atom. The number of thiol groups is 1. The van der Waals surface area contributed by atoms with Gasteiger partial charge in [-0.1, -0.05) is 0 Å². The molecule has 0 radical (unpaired) electrons. The molecule has 1 rings (SSSR count). The Hall–Kier alpha value is 0.580. The van der Waals surface area contributed by atoms with Crippen molar-refractivity contribution in [3.8, 4) is 0 Å². The fourth-order valence-electron chi connectivity index (χ4n) is 1.49. The maximum atomic E-state index is 5.16. The van der Waals surface area contributed by atoms with Crippen LogP contribution in [0, 0.1) is 0 Å². The molecule has 1 heterocycles. The van der Waals surface area contributed by atoms with Gasteiger partial charge in [0.2, 0.25) is 0 Å². The average molecular weight is 224 g/mol. The lowest BCUT2D eigenvalue weighted by atomic mass is 10.4. The standard InChI is InChI=1S/C8H20N2OS2/c1-11-10-6-4-9(5-7-10)8-13(2,3)12/h12H,4-8H2,1-3H3. The van der Waals surface area contributed by atoms with Gasteiger partial charge >= 0.3 is 0 Å². The lowest BCUT2D eigenvalue weighted by molar-refractivity contribution is -0.150. The molecule has 0 aromatic rings. The molecule has 1 saturated heterocycles. The number of hydrogen-bond donors (Lipinski definition) is 1. The molecule has 0 atom stereocenters. The van der Waals surface area contributed by atoms with Gasteiger partial charge in [0.1, 0.15) is 0 Å². The van der Waals surface area contributed by atoms with Gasteiger partial charge in [-0.05, 0) is 12.5 Å². The minimum atomic E-state index is -0.687. The van der Waals surface area contributed by atoms with Crippen molar-refractivity contribution in [1.29, 1.82) is 0 Å². The fraction of sp³-hybridized carbons (Fsp3) is 1.00. The highest BCUT2D eigenvalue weighted by atomic mass is 33.1. The maximum Gasteiger partial charge on any atom is 0.0575 e. The molecule has 0 aromatic heterocycles. The molecule has 1 aliphatic heterocycles. The third kappa shape index (κ3) is 4.56. The van der Waals surface area contributed by atoms with Gasteiger partial charge in [0.15, 0.2) is 0 Å². The highest BCUT2D eigenvalue weighted by molar-refractivity contribution is 8.87. The normalized spacial score (nSPS) is 23.4. The van der Waals surface area contributed by atoms with E-state index in [2.05, 4.69) is 29.1 Å². The zero-order valence-corrected chi connectivity index (χ0v) is 10.4. The zero-order chi connectivity index (χ0) is 9.90. The van der Waals surface area contributed by atoms with Crippen LogP contribution in [0.2, 0.25) is 0 Å². The van der Waals surface area contributed by atoms with Crippen molar-refractivity contribution in [1.82, 2.24) is 9.96 Å². The number of nitrogens with zero attached hydrogens (tertiary/aromatic N) is 2. The molecular formula is C8H20N2OS2. The van der Waals surface area contributed by atoms with Gasteiger partial charge in [-0.2, -0.15) is 14.1 Å². The van der Waals surface area contributed by atoms with E-state index in [0.717, 1.165) is 32.1 Å². The Morgan fingerprint density at radius 3 is 2.15 bits per heavy atom. The molecule has 0 aromatic carbocycles. The largest absolute Gasteiger partial charge is 0.302 e. The molecular weight excluding hydrogens is 204 g/mol. The lowest BCUT2D eigenvalue weighted by Crippen LogP contribution is -2.46. The second-order valence-electron chi connectivity index (χ2n) is 3.84. The summed E-state index contributed by atoms with van der Waals surface area (Å²) in [6, 6.07) is 0. The van der Waals surface area contributed by atoms with Crippen LogP contribution in [-0.2, 0) is 4.84 Å². The molecule has 0 bridgehead atoms. The van der Waals surface area contributed by atoms with Gasteiger partial charge in [0.05, 0.1) is 7.11 Å². The Morgan fingerprint density at radius 2 is 1.77 bits per heavy atom. The number of piperazine rings is 1. The first-order valence-electron chi connectivity index (χ1n) is 4.46. The van der Waals surface area contributed by atoms with Crippen molar-refractivity contribution in [3.05, 3.63) is 0 Å². The summed E-state index contributed by atoms with van der Waals surface area (Å²) in [6.07, 6.45) is 4.47. The first-order chi connectivity index (χ1) is 6.01. The van der Waals surface area contributed by atoms with Crippen LogP contribution in [0.5, 0.6) is 0 Å². The van der Waals surface area contributed by atoms with Crippen LogP contribution in [0.25, 0.3) is 0 Å². The Kier molecular flexibility index (Phi) is 4.38. The van der Waals surface area contributed by atoms with Crippen LogP contribution in [0.3, 0.4) is 0 Å². The molecule has 0 saturated carbocycles. The van der Waals surface area contributed by atoms with Crippen molar-refractivity contribution < 1.29 is 4.84 Å². The SMILES string of the molecule is CON1CCN(CS(C)(C)S)CC1. The van der Waals surface area contributed by atoms with Gasteiger partial charge in [0, 0.05) is 32.1 Å². The second kappa shape index (κ2) is 4.89. The molecule has 0 aliphatic carbocycles. The summed E-state index contributed by atoms with van der Waals surface area (Å²) in [4.78, 5) is 7.63. The van der Waals surface area contributed by atoms with E-state index < -0.39 is 9.06 Å². The molecule has 0 unspecified atom stereocenters. The van der Waals surface area contributed by atoms with Gasteiger partial charge in [-0.15, -0.1) is 11.7 Å². The molecule has 0 spiro atoms. The van der Waals surface area contributed by atoms with E-state index in [1.165, 1.54) is 0 Å². The zero-order valence-electron chi connectivity index (χ0n) is 8.69. The summed E-state index contributed by atoms with van der Waals surface area (Å²) in [5.41, 5.74) is 0. The summed E-state index contributed by atoms with van der Waals surface area (Å²) in [5.74, 6) is 1.13. The quantitative estimate of drug-likeness (QED) is 0.570. The molecule has 13 heavy (non-hydrogen) atoms. The highest BCUT2D eigenvalue weighted by Gasteiger charge is 2.19. The summed E-state index contributed by atoms with van der Waals surface area (Å²) in [5, 5.41) is 2.01. The fourth-order valence-corrected chi connectivity index (χ4v) is 3.13. The summed E-state index contributed by atoms with van der Waals surface area (Å²) in [7, 11) is 1.05. The van der Waals surface area contributed by atoms with E-state index in [0.29, 0.717) is 0 Å². The molecule has 3 nitrogen and oxygen atoms in total. The predicted molar refractivity (Wildman–Crippen MR) is 63.4 cm³/mol. The Balaban J connectivity index is 2.25. The van der Waals surface area contributed by atoms with Crippen LogP contribution >= 0.6 is 20.7 Å². The van der Waals surface area contributed by atoms with E-state index in [1.54, 1.807) is 7.11 Å². The predicted octanol–water partition coefficient (Wildman–Crippen LogP) is 1.03. The highest BCUT2D eigenvalue weighted by Crippen LogP contribution is 2.44. The van der Waals surface area contributed by atoms with Crippen LogP contribution in [0.15, 0.2) is 0 Å². The van der Waals surface area contributed by atoms with Crippen molar-refractivity contribution in [2.24, 2.45) is 0 Å². The monoisotopic (exact) mass is 224 g/mol. The molecule has 0 amide bonds. The molecule has 80 valence electrons. The van der Waals surface area contributed by atoms with Crippen molar-refractivity contribution >= 4 is 20.7 Å². The average Bonchev–Trinajstić information content (AvgIpc) is 2.03. The Labute approximate surface area is 87.5 Å². The van der Waals surface area contributed by atoms with Crippen LogP contribution in [0.4, 0.5) is 0 Å². The Bertz CT molecular complexity index is 153. The van der Waals surface area contributed by atoms with Crippen molar-refractivity contribution in [2.45, 2.75) is 0 Å². The van der Waals surface area contributed by atoms with Crippen LogP contribution < -0.4 is 0 Å². The van der Waals surface area contributed by atoms with E-state index >= 15 is 0 Å². The van der Waals surface area contributed by atoms with Gasteiger partial charge in [0.25, 0.3) is 0 Å². The third-order valence-corrected chi connectivity index (χ3v) is 3.43. The van der Waals surface area contributed by atoms with Crippen molar-refractivity contribution in [3.63, 3.8) is 0 Å². The van der Waals surface area contributed by atoms with Crippen LogP contribution in [0.1, 0.15) is 0 Å². The molecule has 1 aliphatic rings. The van der Waals surface area contributed by atoms with E-state index in [9.17, 15) is 0 Å². The maximum absolute atomic E-state index is 5.16. The molecule has 0 N–H and O–H groups in total. The third-order valence-electron chi connectivity index (χ3n) is 2.09. The van der Waals surface area contributed by atoms with Crippen molar-refractivity contribution in [2.75, 3.05) is 51.7 Å². The number of rotatable bonds is 3.